The fraction of sp³-hybridized carbons (Fsp3) is 0.800. The summed E-state index contributed by atoms with van der Waals surface area (Å²) in [6, 6.07) is 0. The summed E-state index contributed by atoms with van der Waals surface area (Å²) in [7, 11) is 0. The van der Waals surface area contributed by atoms with Gasteiger partial charge in [0.25, 0.3) is 0 Å². The highest BCUT2D eigenvalue weighted by Gasteiger charge is 2.28. The van der Waals surface area contributed by atoms with Crippen molar-refractivity contribution < 1.29 is 10.2 Å². The van der Waals surface area contributed by atoms with E-state index in [0.717, 1.165) is 44.1 Å². The standard InChI is InChI=1S/C10H16O2/c11-8-5-1-3-7-4-2-6-9(12)10(7)8/h8-9,11-12H,1-6H2. The maximum atomic E-state index is 9.66. The minimum Gasteiger partial charge on any atom is -0.389 e. The average Bonchev–Trinajstić information content (AvgIpc) is 2.04. The van der Waals surface area contributed by atoms with E-state index in [0.29, 0.717) is 0 Å². The second-order valence-corrected chi connectivity index (χ2v) is 3.87. The van der Waals surface area contributed by atoms with Gasteiger partial charge in [-0.25, -0.2) is 0 Å². The molecule has 2 rings (SSSR count). The average molecular weight is 168 g/mol. The summed E-state index contributed by atoms with van der Waals surface area (Å²) in [4.78, 5) is 0. The number of allylic oxidation sites excluding steroid dienone is 1. The fourth-order valence-corrected chi connectivity index (χ4v) is 2.44. The molecule has 0 fully saturated rings. The molecule has 0 saturated carbocycles. The Morgan fingerprint density at radius 1 is 0.917 bits per heavy atom. The predicted octanol–water partition coefficient (Wildman–Crippen LogP) is 1.37. The molecule has 2 atom stereocenters. The van der Waals surface area contributed by atoms with Gasteiger partial charge in [0.05, 0.1) is 12.2 Å². The van der Waals surface area contributed by atoms with Crippen molar-refractivity contribution in [3.63, 3.8) is 0 Å². The quantitative estimate of drug-likeness (QED) is 0.536. The van der Waals surface area contributed by atoms with E-state index in [9.17, 15) is 10.2 Å². The Labute approximate surface area is 72.9 Å². The number of aliphatic hydroxyl groups excluding tert-OH is 2. The number of hydrogen-bond donors (Lipinski definition) is 2. The molecule has 0 spiro atoms. The first-order valence-electron chi connectivity index (χ1n) is 4.87. The third-order valence-corrected chi connectivity index (χ3v) is 3.04. The van der Waals surface area contributed by atoms with Gasteiger partial charge in [-0.3, -0.25) is 0 Å². The number of aliphatic hydroxyl groups is 2. The van der Waals surface area contributed by atoms with Crippen molar-refractivity contribution in [3.8, 4) is 0 Å². The highest BCUT2D eigenvalue weighted by atomic mass is 16.3. The summed E-state index contributed by atoms with van der Waals surface area (Å²) in [5.41, 5.74) is 2.31. The van der Waals surface area contributed by atoms with Crippen molar-refractivity contribution in [2.24, 2.45) is 0 Å². The van der Waals surface area contributed by atoms with Crippen LogP contribution < -0.4 is 0 Å². The van der Waals surface area contributed by atoms with Gasteiger partial charge >= 0.3 is 0 Å². The van der Waals surface area contributed by atoms with Gasteiger partial charge in [-0.05, 0) is 44.1 Å². The fourth-order valence-electron chi connectivity index (χ4n) is 2.44. The summed E-state index contributed by atoms with van der Waals surface area (Å²) in [5, 5.41) is 19.3. The Balaban J connectivity index is 2.27. The van der Waals surface area contributed by atoms with Gasteiger partial charge in [0, 0.05) is 0 Å². The minimum atomic E-state index is -0.343. The molecule has 2 aliphatic rings. The molecule has 2 heteroatoms. The van der Waals surface area contributed by atoms with Gasteiger partial charge in [0.1, 0.15) is 0 Å². The smallest absolute Gasteiger partial charge is 0.0777 e. The Morgan fingerprint density at radius 2 is 1.42 bits per heavy atom. The van der Waals surface area contributed by atoms with Crippen molar-refractivity contribution in [1.29, 1.82) is 0 Å². The largest absolute Gasteiger partial charge is 0.389 e. The van der Waals surface area contributed by atoms with Crippen molar-refractivity contribution in [2.45, 2.75) is 50.7 Å². The molecular formula is C10H16O2. The van der Waals surface area contributed by atoms with E-state index < -0.39 is 0 Å². The first-order valence-corrected chi connectivity index (χ1v) is 4.87. The second-order valence-electron chi connectivity index (χ2n) is 3.87. The van der Waals surface area contributed by atoms with Crippen molar-refractivity contribution in [3.05, 3.63) is 11.1 Å². The van der Waals surface area contributed by atoms with Crippen LogP contribution in [0.5, 0.6) is 0 Å². The lowest BCUT2D eigenvalue weighted by Crippen LogP contribution is -2.29. The first kappa shape index (κ1) is 8.27. The molecule has 0 amide bonds. The third kappa shape index (κ3) is 1.29. The minimum absolute atomic E-state index is 0.343. The molecule has 0 aliphatic heterocycles. The van der Waals surface area contributed by atoms with Gasteiger partial charge in [-0.15, -0.1) is 0 Å². The van der Waals surface area contributed by atoms with E-state index in [1.54, 1.807) is 0 Å². The molecular weight excluding hydrogens is 152 g/mol. The normalized spacial score (nSPS) is 36.5. The van der Waals surface area contributed by atoms with Gasteiger partial charge in [0.2, 0.25) is 0 Å². The molecule has 0 radical (unpaired) electrons. The SMILES string of the molecule is OC1CCCC2=C1C(O)CCC2. The molecule has 0 heterocycles. The predicted molar refractivity (Wildman–Crippen MR) is 46.7 cm³/mol. The highest BCUT2D eigenvalue weighted by molar-refractivity contribution is 5.26. The molecule has 68 valence electrons. The monoisotopic (exact) mass is 168 g/mol. The summed E-state index contributed by atoms with van der Waals surface area (Å²) in [6.45, 7) is 0. The molecule has 0 bridgehead atoms. The highest BCUT2D eigenvalue weighted by Crippen LogP contribution is 2.35. The van der Waals surface area contributed by atoms with Crippen LogP contribution in [0.4, 0.5) is 0 Å². The van der Waals surface area contributed by atoms with E-state index in [1.165, 1.54) is 5.57 Å². The van der Waals surface area contributed by atoms with Gasteiger partial charge in [0.15, 0.2) is 0 Å². The van der Waals surface area contributed by atoms with Crippen molar-refractivity contribution in [2.75, 3.05) is 0 Å². The lowest BCUT2D eigenvalue weighted by molar-refractivity contribution is 0.114. The lowest BCUT2D eigenvalue weighted by Gasteiger charge is -2.32. The molecule has 0 aromatic carbocycles. The van der Waals surface area contributed by atoms with Crippen LogP contribution in [0.3, 0.4) is 0 Å². The van der Waals surface area contributed by atoms with Gasteiger partial charge < -0.3 is 10.2 Å². The van der Waals surface area contributed by atoms with Crippen molar-refractivity contribution >= 4 is 0 Å². The lowest BCUT2D eigenvalue weighted by atomic mass is 9.79. The molecule has 2 unspecified atom stereocenters. The van der Waals surface area contributed by atoms with Crippen LogP contribution in [0.15, 0.2) is 11.1 Å². The molecule has 0 saturated heterocycles. The van der Waals surface area contributed by atoms with E-state index in [1.807, 2.05) is 0 Å². The Hall–Kier alpha value is -0.340. The zero-order chi connectivity index (χ0) is 8.55. The van der Waals surface area contributed by atoms with E-state index in [4.69, 9.17) is 0 Å². The molecule has 2 nitrogen and oxygen atoms in total. The molecule has 0 aromatic heterocycles. The summed E-state index contributed by atoms with van der Waals surface area (Å²) >= 11 is 0. The molecule has 2 N–H and O–H groups in total. The van der Waals surface area contributed by atoms with Crippen LogP contribution in [0.1, 0.15) is 38.5 Å². The van der Waals surface area contributed by atoms with E-state index >= 15 is 0 Å². The molecule has 2 aliphatic carbocycles. The molecule has 12 heavy (non-hydrogen) atoms. The van der Waals surface area contributed by atoms with Crippen LogP contribution >= 0.6 is 0 Å². The van der Waals surface area contributed by atoms with Crippen LogP contribution in [0.2, 0.25) is 0 Å². The Bertz CT molecular complexity index is 188. The van der Waals surface area contributed by atoms with Crippen LogP contribution in [0, 0.1) is 0 Å². The molecule has 0 aromatic rings. The van der Waals surface area contributed by atoms with Gasteiger partial charge in [-0.2, -0.15) is 0 Å². The number of hydrogen-bond acceptors (Lipinski definition) is 2. The summed E-state index contributed by atoms with van der Waals surface area (Å²) in [5.74, 6) is 0. The van der Waals surface area contributed by atoms with Gasteiger partial charge in [-0.1, -0.05) is 5.57 Å². The van der Waals surface area contributed by atoms with Crippen LogP contribution in [-0.4, -0.2) is 22.4 Å². The zero-order valence-corrected chi connectivity index (χ0v) is 7.29. The van der Waals surface area contributed by atoms with Crippen molar-refractivity contribution in [1.82, 2.24) is 0 Å². The van der Waals surface area contributed by atoms with Crippen LogP contribution in [-0.2, 0) is 0 Å². The van der Waals surface area contributed by atoms with Crippen LogP contribution in [0.25, 0.3) is 0 Å². The van der Waals surface area contributed by atoms with E-state index in [2.05, 4.69) is 0 Å². The maximum Gasteiger partial charge on any atom is 0.0777 e. The first-order chi connectivity index (χ1) is 5.79. The summed E-state index contributed by atoms with van der Waals surface area (Å²) in [6.07, 6.45) is 5.38. The second kappa shape index (κ2) is 3.19. The maximum absolute atomic E-state index is 9.66. The Morgan fingerprint density at radius 3 is 1.83 bits per heavy atom. The summed E-state index contributed by atoms with van der Waals surface area (Å²) < 4.78 is 0. The topological polar surface area (TPSA) is 40.5 Å². The number of rotatable bonds is 0. The Kier molecular flexibility index (Phi) is 2.20. The third-order valence-electron chi connectivity index (χ3n) is 3.04. The zero-order valence-electron chi connectivity index (χ0n) is 7.29. The van der Waals surface area contributed by atoms with E-state index in [-0.39, 0.29) is 12.2 Å².